The quantitative estimate of drug-likeness (QED) is 0.894. The van der Waals surface area contributed by atoms with Gasteiger partial charge in [-0.3, -0.25) is 4.79 Å². The van der Waals surface area contributed by atoms with Gasteiger partial charge in [-0.1, -0.05) is 34.8 Å². The summed E-state index contributed by atoms with van der Waals surface area (Å²) in [5.41, 5.74) is 7.13. The number of nitrogens with one attached hydrogen (secondary N) is 1. The molecule has 4 nitrogen and oxygen atoms in total. The number of amides is 1. The maximum atomic E-state index is 12.3. The lowest BCUT2D eigenvalue weighted by Gasteiger charge is -2.23. The van der Waals surface area contributed by atoms with Gasteiger partial charge in [0.1, 0.15) is 0 Å². The van der Waals surface area contributed by atoms with Crippen molar-refractivity contribution in [3.8, 4) is 0 Å². The number of benzene rings is 1. The Bertz CT molecular complexity index is 471. The number of ether oxygens (including phenoxy) is 1. The van der Waals surface area contributed by atoms with Gasteiger partial charge in [-0.2, -0.15) is 0 Å². The molecule has 1 aliphatic carbocycles. The van der Waals surface area contributed by atoms with E-state index in [-0.39, 0.29) is 5.91 Å². The van der Waals surface area contributed by atoms with E-state index >= 15 is 0 Å². The van der Waals surface area contributed by atoms with Gasteiger partial charge >= 0.3 is 0 Å². The molecule has 1 aromatic carbocycles. The van der Waals surface area contributed by atoms with E-state index < -0.39 is 5.54 Å². The number of hydrogen-bond donors (Lipinski definition) is 2. The molecule has 0 bridgehead atoms. The van der Waals surface area contributed by atoms with Crippen LogP contribution in [0.15, 0.2) is 22.7 Å². The smallest absolute Gasteiger partial charge is 0.244 e. The van der Waals surface area contributed by atoms with Gasteiger partial charge in [0.05, 0.1) is 12.1 Å². The third kappa shape index (κ3) is 3.16. The number of rotatable bonds is 4. The van der Waals surface area contributed by atoms with Gasteiger partial charge in [-0.05, 0) is 25.0 Å². The number of nitrogens with two attached hydrogens (primary N) is 1. The second-order valence-corrected chi connectivity index (χ2v) is 5.87. The Morgan fingerprint density at radius 1 is 1.47 bits per heavy atom. The average Bonchev–Trinajstić information content (AvgIpc) is 2.82. The summed E-state index contributed by atoms with van der Waals surface area (Å²) in [4.78, 5) is 12.3. The highest BCUT2D eigenvalue weighted by molar-refractivity contribution is 9.10. The van der Waals surface area contributed by atoms with Gasteiger partial charge in [0, 0.05) is 22.8 Å². The first-order valence-electron chi connectivity index (χ1n) is 6.43. The Labute approximate surface area is 121 Å². The summed E-state index contributed by atoms with van der Waals surface area (Å²) < 4.78 is 6.09. The summed E-state index contributed by atoms with van der Waals surface area (Å²) in [6.45, 7) is 0.439. The summed E-state index contributed by atoms with van der Waals surface area (Å²) in [6, 6.07) is 5.68. The molecule has 0 saturated heterocycles. The molecule has 2 rings (SSSR count). The van der Waals surface area contributed by atoms with Crippen LogP contribution in [0.4, 0.5) is 5.69 Å². The maximum Gasteiger partial charge on any atom is 0.244 e. The molecule has 104 valence electrons. The molecular formula is C14H19BrN2O2. The topological polar surface area (TPSA) is 64.3 Å². The number of anilines is 1. The minimum absolute atomic E-state index is 0.0968. The van der Waals surface area contributed by atoms with Crippen molar-refractivity contribution >= 4 is 27.5 Å². The van der Waals surface area contributed by atoms with E-state index in [0.717, 1.165) is 41.4 Å². The molecule has 1 amide bonds. The van der Waals surface area contributed by atoms with Crippen molar-refractivity contribution in [3.05, 3.63) is 28.2 Å². The minimum atomic E-state index is -0.716. The molecular weight excluding hydrogens is 308 g/mol. The predicted molar refractivity (Wildman–Crippen MR) is 78.9 cm³/mol. The first kappa shape index (κ1) is 14.5. The molecule has 1 aliphatic rings. The summed E-state index contributed by atoms with van der Waals surface area (Å²) in [5, 5.41) is 2.94. The first-order valence-corrected chi connectivity index (χ1v) is 7.23. The van der Waals surface area contributed by atoms with Crippen molar-refractivity contribution in [2.24, 2.45) is 5.73 Å². The largest absolute Gasteiger partial charge is 0.380 e. The monoisotopic (exact) mass is 326 g/mol. The van der Waals surface area contributed by atoms with E-state index in [0.29, 0.717) is 6.61 Å². The van der Waals surface area contributed by atoms with Crippen LogP contribution in [-0.4, -0.2) is 18.6 Å². The van der Waals surface area contributed by atoms with Gasteiger partial charge in [0.25, 0.3) is 0 Å². The Hall–Kier alpha value is -0.910. The van der Waals surface area contributed by atoms with E-state index in [2.05, 4.69) is 21.2 Å². The molecule has 0 unspecified atom stereocenters. The molecule has 5 heteroatoms. The fourth-order valence-corrected chi connectivity index (χ4v) is 2.93. The van der Waals surface area contributed by atoms with Crippen molar-refractivity contribution in [1.82, 2.24) is 0 Å². The van der Waals surface area contributed by atoms with Gasteiger partial charge in [0.15, 0.2) is 0 Å². The van der Waals surface area contributed by atoms with Crippen LogP contribution in [0.25, 0.3) is 0 Å². The molecule has 0 atom stereocenters. The van der Waals surface area contributed by atoms with E-state index in [1.54, 1.807) is 7.11 Å². The standard InChI is InChI=1S/C14H19BrN2O2/c1-19-9-10-11(15)5-4-6-12(10)17-13(18)14(16)7-2-3-8-14/h4-6H,2-3,7-9,16H2,1H3,(H,17,18). The molecule has 0 radical (unpaired) electrons. The predicted octanol–water partition coefficient (Wildman–Crippen LogP) is 2.81. The molecule has 0 aromatic heterocycles. The highest BCUT2D eigenvalue weighted by Crippen LogP contribution is 2.30. The number of halogens is 1. The maximum absolute atomic E-state index is 12.3. The lowest BCUT2D eigenvalue weighted by atomic mass is 9.98. The van der Waals surface area contributed by atoms with E-state index in [4.69, 9.17) is 10.5 Å². The Morgan fingerprint density at radius 2 is 2.16 bits per heavy atom. The van der Waals surface area contributed by atoms with E-state index in [1.807, 2.05) is 18.2 Å². The van der Waals surface area contributed by atoms with E-state index in [9.17, 15) is 4.79 Å². The van der Waals surface area contributed by atoms with Gasteiger partial charge in [0.2, 0.25) is 5.91 Å². The van der Waals surface area contributed by atoms with Crippen LogP contribution in [0.5, 0.6) is 0 Å². The summed E-state index contributed by atoms with van der Waals surface area (Å²) in [6.07, 6.45) is 3.56. The van der Waals surface area contributed by atoms with Crippen LogP contribution >= 0.6 is 15.9 Å². The SMILES string of the molecule is COCc1c(Br)cccc1NC(=O)C1(N)CCCC1. The number of carbonyl (C=O) groups excluding carboxylic acids is 1. The zero-order chi connectivity index (χ0) is 13.9. The second-order valence-electron chi connectivity index (χ2n) is 5.02. The molecule has 1 saturated carbocycles. The highest BCUT2D eigenvalue weighted by Gasteiger charge is 2.37. The van der Waals surface area contributed by atoms with Crippen molar-refractivity contribution in [2.45, 2.75) is 37.8 Å². The molecule has 1 fully saturated rings. The zero-order valence-electron chi connectivity index (χ0n) is 11.0. The second kappa shape index (κ2) is 6.03. The van der Waals surface area contributed by atoms with Crippen LogP contribution in [0.2, 0.25) is 0 Å². The summed E-state index contributed by atoms with van der Waals surface area (Å²) >= 11 is 3.47. The lowest BCUT2D eigenvalue weighted by molar-refractivity contribution is -0.121. The van der Waals surface area contributed by atoms with E-state index in [1.165, 1.54) is 0 Å². The number of carbonyl (C=O) groups is 1. The fourth-order valence-electron chi connectivity index (χ4n) is 2.45. The fraction of sp³-hybridized carbons (Fsp3) is 0.500. The van der Waals surface area contributed by atoms with Gasteiger partial charge < -0.3 is 15.8 Å². The summed E-state index contributed by atoms with van der Waals surface area (Å²) in [7, 11) is 1.63. The zero-order valence-corrected chi connectivity index (χ0v) is 12.6. The lowest BCUT2D eigenvalue weighted by Crippen LogP contribution is -2.48. The number of hydrogen-bond acceptors (Lipinski definition) is 3. The van der Waals surface area contributed by atoms with Gasteiger partial charge in [-0.25, -0.2) is 0 Å². The van der Waals surface area contributed by atoms with Crippen LogP contribution < -0.4 is 11.1 Å². The van der Waals surface area contributed by atoms with Crippen LogP contribution in [0, 0.1) is 0 Å². The minimum Gasteiger partial charge on any atom is -0.380 e. The molecule has 3 N–H and O–H groups in total. The number of methoxy groups -OCH3 is 1. The molecule has 19 heavy (non-hydrogen) atoms. The van der Waals surface area contributed by atoms with Crippen LogP contribution in [0.1, 0.15) is 31.2 Å². The van der Waals surface area contributed by atoms with Crippen molar-refractivity contribution < 1.29 is 9.53 Å². The Kier molecular flexibility index (Phi) is 4.60. The molecule has 0 spiro atoms. The Balaban J connectivity index is 2.19. The third-order valence-corrected chi connectivity index (χ3v) is 4.35. The Morgan fingerprint density at radius 3 is 2.79 bits per heavy atom. The van der Waals surface area contributed by atoms with Crippen LogP contribution in [0.3, 0.4) is 0 Å². The van der Waals surface area contributed by atoms with Crippen molar-refractivity contribution in [1.29, 1.82) is 0 Å². The third-order valence-electron chi connectivity index (χ3n) is 3.60. The van der Waals surface area contributed by atoms with Crippen molar-refractivity contribution in [3.63, 3.8) is 0 Å². The molecule has 0 aliphatic heterocycles. The highest BCUT2D eigenvalue weighted by atomic mass is 79.9. The van der Waals surface area contributed by atoms with Crippen molar-refractivity contribution in [2.75, 3.05) is 12.4 Å². The summed E-state index contributed by atoms with van der Waals surface area (Å²) in [5.74, 6) is -0.0968. The normalized spacial score (nSPS) is 17.4. The first-order chi connectivity index (χ1) is 9.07. The average molecular weight is 327 g/mol. The molecule has 0 heterocycles. The van der Waals surface area contributed by atoms with Crippen LogP contribution in [-0.2, 0) is 16.1 Å². The van der Waals surface area contributed by atoms with Gasteiger partial charge in [-0.15, -0.1) is 0 Å². The molecule has 1 aromatic rings.